The third kappa shape index (κ3) is 2.77. The molecule has 0 saturated carbocycles. The summed E-state index contributed by atoms with van der Waals surface area (Å²) in [6.07, 6.45) is 0.814. The SMILES string of the molecule is COc1ccccc1S(=O)(=O)N[C@@H]1CCNC1. The van der Waals surface area contributed by atoms with E-state index in [4.69, 9.17) is 4.74 Å². The van der Waals surface area contributed by atoms with Crippen LogP contribution in [-0.4, -0.2) is 34.7 Å². The van der Waals surface area contributed by atoms with Gasteiger partial charge in [-0.1, -0.05) is 12.1 Å². The van der Waals surface area contributed by atoms with Crippen LogP contribution in [0.4, 0.5) is 0 Å². The number of rotatable bonds is 4. The van der Waals surface area contributed by atoms with Gasteiger partial charge in [-0.15, -0.1) is 0 Å². The van der Waals surface area contributed by atoms with Gasteiger partial charge in [0.15, 0.2) is 0 Å². The quantitative estimate of drug-likeness (QED) is 0.815. The predicted molar refractivity (Wildman–Crippen MR) is 64.6 cm³/mol. The van der Waals surface area contributed by atoms with Gasteiger partial charge in [0, 0.05) is 12.6 Å². The van der Waals surface area contributed by atoms with E-state index in [1.54, 1.807) is 24.3 Å². The molecule has 0 amide bonds. The number of benzene rings is 1. The van der Waals surface area contributed by atoms with Crippen molar-refractivity contribution in [2.75, 3.05) is 20.2 Å². The van der Waals surface area contributed by atoms with Gasteiger partial charge in [0.25, 0.3) is 0 Å². The lowest BCUT2D eigenvalue weighted by Gasteiger charge is -2.14. The van der Waals surface area contributed by atoms with Gasteiger partial charge < -0.3 is 10.1 Å². The van der Waals surface area contributed by atoms with Crippen molar-refractivity contribution in [1.29, 1.82) is 0 Å². The maximum Gasteiger partial charge on any atom is 0.244 e. The molecule has 1 atom stereocenters. The minimum absolute atomic E-state index is 0.0371. The zero-order chi connectivity index (χ0) is 12.3. The van der Waals surface area contributed by atoms with Crippen molar-refractivity contribution in [3.8, 4) is 5.75 Å². The number of methoxy groups -OCH3 is 1. The normalized spacial score (nSPS) is 20.4. The minimum atomic E-state index is -3.50. The van der Waals surface area contributed by atoms with Crippen molar-refractivity contribution in [3.63, 3.8) is 0 Å². The fraction of sp³-hybridized carbons (Fsp3) is 0.455. The molecular weight excluding hydrogens is 240 g/mol. The van der Waals surface area contributed by atoms with Crippen LogP contribution in [0.1, 0.15) is 6.42 Å². The number of hydrogen-bond donors (Lipinski definition) is 2. The molecule has 2 N–H and O–H groups in total. The van der Waals surface area contributed by atoms with Gasteiger partial charge in [-0.2, -0.15) is 0 Å². The maximum atomic E-state index is 12.1. The zero-order valence-electron chi connectivity index (χ0n) is 9.64. The average molecular weight is 256 g/mol. The van der Waals surface area contributed by atoms with E-state index in [2.05, 4.69) is 10.0 Å². The van der Waals surface area contributed by atoms with Crippen LogP contribution in [0.5, 0.6) is 5.75 Å². The Morgan fingerprint density at radius 2 is 2.18 bits per heavy atom. The van der Waals surface area contributed by atoms with Crippen LogP contribution in [-0.2, 0) is 10.0 Å². The summed E-state index contributed by atoms with van der Waals surface area (Å²) in [5, 5.41) is 3.12. The van der Waals surface area contributed by atoms with E-state index in [1.165, 1.54) is 7.11 Å². The van der Waals surface area contributed by atoms with E-state index >= 15 is 0 Å². The summed E-state index contributed by atoms with van der Waals surface area (Å²) in [5.74, 6) is 0.367. The molecule has 0 radical (unpaired) electrons. The third-order valence-electron chi connectivity index (χ3n) is 2.74. The first-order chi connectivity index (χ1) is 8.13. The summed E-state index contributed by atoms with van der Waals surface area (Å²) >= 11 is 0. The topological polar surface area (TPSA) is 67.4 Å². The maximum absolute atomic E-state index is 12.1. The number of hydrogen-bond acceptors (Lipinski definition) is 4. The molecule has 1 aliphatic rings. The number of nitrogens with one attached hydrogen (secondary N) is 2. The zero-order valence-corrected chi connectivity index (χ0v) is 10.5. The second-order valence-corrected chi connectivity index (χ2v) is 5.64. The van der Waals surface area contributed by atoms with Gasteiger partial charge in [0.05, 0.1) is 7.11 Å². The van der Waals surface area contributed by atoms with Crippen LogP contribution >= 0.6 is 0 Å². The van der Waals surface area contributed by atoms with Gasteiger partial charge >= 0.3 is 0 Å². The van der Waals surface area contributed by atoms with Crippen LogP contribution in [0, 0.1) is 0 Å². The van der Waals surface area contributed by atoms with Crippen molar-refractivity contribution in [3.05, 3.63) is 24.3 Å². The van der Waals surface area contributed by atoms with Gasteiger partial charge in [-0.25, -0.2) is 13.1 Å². The van der Waals surface area contributed by atoms with E-state index in [-0.39, 0.29) is 10.9 Å². The predicted octanol–water partition coefficient (Wildman–Crippen LogP) is 0.335. The molecule has 0 bridgehead atoms. The molecule has 0 spiro atoms. The first-order valence-corrected chi connectivity index (χ1v) is 6.98. The van der Waals surface area contributed by atoms with Crippen LogP contribution in [0.15, 0.2) is 29.2 Å². The van der Waals surface area contributed by atoms with Crippen molar-refractivity contribution in [2.45, 2.75) is 17.4 Å². The lowest BCUT2D eigenvalue weighted by Crippen LogP contribution is -2.36. The van der Waals surface area contributed by atoms with Crippen molar-refractivity contribution >= 4 is 10.0 Å². The summed E-state index contributed by atoms with van der Waals surface area (Å²) in [4.78, 5) is 0.189. The second kappa shape index (κ2) is 5.03. The fourth-order valence-electron chi connectivity index (χ4n) is 1.88. The monoisotopic (exact) mass is 256 g/mol. The van der Waals surface area contributed by atoms with Crippen LogP contribution in [0.2, 0.25) is 0 Å². The minimum Gasteiger partial charge on any atom is -0.495 e. The highest BCUT2D eigenvalue weighted by Crippen LogP contribution is 2.23. The lowest BCUT2D eigenvalue weighted by atomic mass is 10.3. The third-order valence-corrected chi connectivity index (χ3v) is 4.30. The number of sulfonamides is 1. The van der Waals surface area contributed by atoms with E-state index in [9.17, 15) is 8.42 Å². The Balaban J connectivity index is 2.24. The van der Waals surface area contributed by atoms with Gasteiger partial charge in [-0.05, 0) is 25.1 Å². The molecule has 1 fully saturated rings. The Hall–Kier alpha value is -1.11. The van der Waals surface area contributed by atoms with E-state index in [1.807, 2.05) is 0 Å². The molecule has 1 aromatic carbocycles. The Labute approximate surface area is 101 Å². The molecule has 1 heterocycles. The molecule has 1 aromatic rings. The Kier molecular flexibility index (Phi) is 3.66. The first kappa shape index (κ1) is 12.3. The van der Waals surface area contributed by atoms with Crippen LogP contribution < -0.4 is 14.8 Å². The highest BCUT2D eigenvalue weighted by Gasteiger charge is 2.24. The summed E-state index contributed by atoms with van der Waals surface area (Å²) in [7, 11) is -2.04. The average Bonchev–Trinajstić information content (AvgIpc) is 2.81. The molecule has 6 heteroatoms. The molecule has 0 unspecified atom stereocenters. The summed E-state index contributed by atoms with van der Waals surface area (Å²) in [5.41, 5.74) is 0. The molecule has 2 rings (SSSR count). The van der Waals surface area contributed by atoms with Crippen LogP contribution in [0.3, 0.4) is 0 Å². The standard InChI is InChI=1S/C11H16N2O3S/c1-16-10-4-2-3-5-11(10)17(14,15)13-9-6-7-12-8-9/h2-5,9,12-13H,6-8H2,1H3/t9-/m1/s1. The van der Waals surface area contributed by atoms with Gasteiger partial charge in [0.2, 0.25) is 10.0 Å². The Morgan fingerprint density at radius 3 is 2.82 bits per heavy atom. The van der Waals surface area contributed by atoms with E-state index in [0.717, 1.165) is 13.0 Å². The number of para-hydroxylation sites is 1. The molecule has 94 valence electrons. The van der Waals surface area contributed by atoms with Gasteiger partial charge in [-0.3, -0.25) is 0 Å². The largest absolute Gasteiger partial charge is 0.495 e. The molecule has 1 saturated heterocycles. The Morgan fingerprint density at radius 1 is 1.41 bits per heavy atom. The second-order valence-electron chi connectivity index (χ2n) is 3.96. The summed E-state index contributed by atoms with van der Waals surface area (Å²) in [6.45, 7) is 1.52. The Bertz CT molecular complexity index is 481. The highest BCUT2D eigenvalue weighted by atomic mass is 32.2. The molecular formula is C11H16N2O3S. The summed E-state index contributed by atoms with van der Waals surface area (Å²) in [6, 6.07) is 6.58. The van der Waals surface area contributed by atoms with Gasteiger partial charge in [0.1, 0.15) is 10.6 Å². The highest BCUT2D eigenvalue weighted by molar-refractivity contribution is 7.89. The molecule has 1 aliphatic heterocycles. The van der Waals surface area contributed by atoms with E-state index in [0.29, 0.717) is 12.3 Å². The molecule has 0 aliphatic carbocycles. The molecule has 17 heavy (non-hydrogen) atoms. The van der Waals surface area contributed by atoms with Crippen molar-refractivity contribution in [2.24, 2.45) is 0 Å². The van der Waals surface area contributed by atoms with Crippen molar-refractivity contribution in [1.82, 2.24) is 10.0 Å². The van der Waals surface area contributed by atoms with Crippen molar-refractivity contribution < 1.29 is 13.2 Å². The van der Waals surface area contributed by atoms with Crippen LogP contribution in [0.25, 0.3) is 0 Å². The lowest BCUT2D eigenvalue weighted by molar-refractivity contribution is 0.402. The first-order valence-electron chi connectivity index (χ1n) is 5.49. The summed E-state index contributed by atoms with van der Waals surface area (Å²) < 4.78 is 32.0. The molecule has 5 nitrogen and oxygen atoms in total. The number of ether oxygens (including phenoxy) is 1. The fourth-order valence-corrected chi connectivity index (χ4v) is 3.32. The molecule has 0 aromatic heterocycles. The van der Waals surface area contributed by atoms with E-state index < -0.39 is 10.0 Å². The smallest absolute Gasteiger partial charge is 0.244 e.